The Kier molecular flexibility index (Phi) is 4.83. The average Bonchev–Trinajstić information content (AvgIpc) is 2.54. The minimum atomic E-state index is -4.43. The maximum Gasteiger partial charge on any atom is 0.416 e. The number of benzene rings is 1. The highest BCUT2D eigenvalue weighted by molar-refractivity contribution is 6.28. The molecule has 2 aromatic rings. The van der Waals surface area contributed by atoms with Gasteiger partial charge in [-0.05, 0) is 29.8 Å². The summed E-state index contributed by atoms with van der Waals surface area (Å²) in [5, 5.41) is 5.78. The minimum absolute atomic E-state index is 0.0542. The van der Waals surface area contributed by atoms with E-state index in [1.807, 2.05) is 0 Å². The quantitative estimate of drug-likeness (QED) is 0.878. The van der Waals surface area contributed by atoms with Gasteiger partial charge in [-0.15, -0.1) is 0 Å². The van der Waals surface area contributed by atoms with Crippen LogP contribution in [0, 0.1) is 0 Å². The molecule has 0 spiro atoms. The fourth-order valence-electron chi connectivity index (χ4n) is 2.20. The first-order chi connectivity index (χ1) is 11.4. The second kappa shape index (κ2) is 6.88. The van der Waals surface area contributed by atoms with Gasteiger partial charge in [0.05, 0.1) is 12.2 Å². The fraction of sp³-hybridized carbons (Fsp3) is 0.357. The van der Waals surface area contributed by atoms with Gasteiger partial charge >= 0.3 is 6.18 Å². The number of anilines is 2. The lowest BCUT2D eigenvalue weighted by Crippen LogP contribution is -2.34. The molecule has 128 valence electrons. The second-order valence-electron chi connectivity index (χ2n) is 5.05. The first-order valence-corrected chi connectivity index (χ1v) is 7.48. The van der Waals surface area contributed by atoms with Crippen LogP contribution in [-0.4, -0.2) is 34.6 Å². The molecule has 0 radical (unpaired) electrons. The molecule has 0 aliphatic carbocycles. The lowest BCUT2D eigenvalue weighted by molar-refractivity contribution is -0.137. The first kappa shape index (κ1) is 16.9. The van der Waals surface area contributed by atoms with Gasteiger partial charge in [0.2, 0.25) is 11.2 Å². The normalized spacial score (nSPS) is 18.4. The van der Waals surface area contributed by atoms with E-state index in [1.54, 1.807) is 0 Å². The summed E-state index contributed by atoms with van der Waals surface area (Å²) < 4.78 is 43.8. The summed E-state index contributed by atoms with van der Waals surface area (Å²) in [7, 11) is 0. The monoisotopic (exact) mass is 359 g/mol. The summed E-state index contributed by atoms with van der Waals surface area (Å²) in [4.78, 5) is 12.1. The summed E-state index contributed by atoms with van der Waals surface area (Å²) in [5.74, 6) is 0.371. The van der Waals surface area contributed by atoms with E-state index in [9.17, 15) is 13.2 Å². The van der Waals surface area contributed by atoms with Gasteiger partial charge in [0.25, 0.3) is 0 Å². The Hall–Kier alpha value is -1.97. The maximum atomic E-state index is 12.8. The van der Waals surface area contributed by atoms with Crippen molar-refractivity contribution in [1.29, 1.82) is 0 Å². The van der Waals surface area contributed by atoms with Gasteiger partial charge in [0.15, 0.2) is 5.82 Å². The SMILES string of the molecule is FC(F)(F)c1cccc(Nc2nc(Cl)nc(C3CNCCO3)n2)c1. The van der Waals surface area contributed by atoms with Crippen LogP contribution in [0.5, 0.6) is 0 Å². The van der Waals surface area contributed by atoms with Crippen molar-refractivity contribution in [3.8, 4) is 0 Å². The topological polar surface area (TPSA) is 72.0 Å². The molecular formula is C14H13ClF3N5O. The van der Waals surface area contributed by atoms with Crippen molar-refractivity contribution in [2.45, 2.75) is 12.3 Å². The molecule has 1 atom stereocenters. The molecule has 1 aliphatic rings. The number of alkyl halides is 3. The van der Waals surface area contributed by atoms with Crippen LogP contribution in [0.25, 0.3) is 0 Å². The Labute approximate surface area is 140 Å². The molecule has 1 unspecified atom stereocenters. The fourth-order valence-corrected chi connectivity index (χ4v) is 2.37. The zero-order valence-corrected chi connectivity index (χ0v) is 13.0. The summed E-state index contributed by atoms with van der Waals surface area (Å²) in [5.41, 5.74) is -0.576. The van der Waals surface area contributed by atoms with Crippen LogP contribution in [-0.2, 0) is 10.9 Å². The van der Waals surface area contributed by atoms with E-state index in [4.69, 9.17) is 16.3 Å². The van der Waals surface area contributed by atoms with Crippen molar-refractivity contribution >= 4 is 23.2 Å². The number of ether oxygens (including phenoxy) is 1. The van der Waals surface area contributed by atoms with E-state index < -0.39 is 11.7 Å². The minimum Gasteiger partial charge on any atom is -0.368 e. The zero-order valence-electron chi connectivity index (χ0n) is 12.3. The summed E-state index contributed by atoms with van der Waals surface area (Å²) in [6, 6.07) is 4.73. The van der Waals surface area contributed by atoms with Crippen molar-refractivity contribution in [1.82, 2.24) is 20.3 Å². The summed E-state index contributed by atoms with van der Waals surface area (Å²) in [6.45, 7) is 1.75. The Morgan fingerprint density at radius 3 is 2.79 bits per heavy atom. The molecule has 1 saturated heterocycles. The predicted molar refractivity (Wildman–Crippen MR) is 81.1 cm³/mol. The highest BCUT2D eigenvalue weighted by Gasteiger charge is 2.30. The molecule has 1 fully saturated rings. The van der Waals surface area contributed by atoms with Crippen molar-refractivity contribution in [3.05, 3.63) is 40.9 Å². The third-order valence-electron chi connectivity index (χ3n) is 3.29. The molecule has 3 rings (SSSR count). The molecule has 10 heteroatoms. The average molecular weight is 360 g/mol. The molecule has 2 heterocycles. The molecular weight excluding hydrogens is 347 g/mol. The molecule has 0 bridgehead atoms. The number of morpholine rings is 1. The van der Waals surface area contributed by atoms with Crippen LogP contribution in [0.15, 0.2) is 24.3 Å². The molecule has 1 aliphatic heterocycles. The van der Waals surface area contributed by atoms with Crippen molar-refractivity contribution in [2.75, 3.05) is 25.0 Å². The summed E-state index contributed by atoms with van der Waals surface area (Å²) >= 11 is 5.88. The van der Waals surface area contributed by atoms with Crippen LogP contribution in [0.4, 0.5) is 24.8 Å². The Morgan fingerprint density at radius 1 is 1.25 bits per heavy atom. The highest BCUT2D eigenvalue weighted by atomic mass is 35.5. The summed E-state index contributed by atoms with van der Waals surface area (Å²) in [6.07, 6.45) is -4.82. The molecule has 1 aromatic carbocycles. The Balaban J connectivity index is 1.83. The van der Waals surface area contributed by atoms with Crippen LogP contribution >= 0.6 is 11.6 Å². The van der Waals surface area contributed by atoms with E-state index >= 15 is 0 Å². The van der Waals surface area contributed by atoms with E-state index in [0.717, 1.165) is 18.7 Å². The molecule has 6 nitrogen and oxygen atoms in total. The van der Waals surface area contributed by atoms with Gasteiger partial charge in [0.1, 0.15) is 6.10 Å². The van der Waals surface area contributed by atoms with Crippen LogP contribution in [0.3, 0.4) is 0 Å². The predicted octanol–water partition coefficient (Wildman–Crippen LogP) is 2.95. The lowest BCUT2D eigenvalue weighted by atomic mass is 10.2. The molecule has 24 heavy (non-hydrogen) atoms. The van der Waals surface area contributed by atoms with Crippen molar-refractivity contribution < 1.29 is 17.9 Å². The van der Waals surface area contributed by atoms with Gasteiger partial charge < -0.3 is 15.4 Å². The van der Waals surface area contributed by atoms with Gasteiger partial charge in [-0.25, -0.2) is 0 Å². The number of rotatable bonds is 3. The number of hydrogen-bond acceptors (Lipinski definition) is 6. The van der Waals surface area contributed by atoms with Crippen molar-refractivity contribution in [3.63, 3.8) is 0 Å². The zero-order chi connectivity index (χ0) is 17.2. The highest BCUT2D eigenvalue weighted by Crippen LogP contribution is 2.31. The Morgan fingerprint density at radius 2 is 2.08 bits per heavy atom. The lowest BCUT2D eigenvalue weighted by Gasteiger charge is -2.22. The van der Waals surface area contributed by atoms with Gasteiger partial charge in [0, 0.05) is 18.8 Å². The largest absolute Gasteiger partial charge is 0.416 e. The van der Waals surface area contributed by atoms with Crippen molar-refractivity contribution in [2.24, 2.45) is 0 Å². The number of hydrogen-bond donors (Lipinski definition) is 2. The van der Waals surface area contributed by atoms with Gasteiger partial charge in [-0.3, -0.25) is 0 Å². The van der Waals surface area contributed by atoms with Gasteiger partial charge in [-0.1, -0.05) is 6.07 Å². The molecule has 1 aromatic heterocycles. The van der Waals surface area contributed by atoms with Crippen LogP contribution in [0.2, 0.25) is 5.28 Å². The van der Waals surface area contributed by atoms with Crippen LogP contribution < -0.4 is 10.6 Å². The third kappa shape index (κ3) is 4.11. The number of halogens is 4. The second-order valence-corrected chi connectivity index (χ2v) is 5.39. The standard InChI is InChI=1S/C14H13ClF3N5O/c15-12-21-11(10-7-19-4-5-24-10)22-13(23-12)20-9-3-1-2-8(6-9)14(16,17)18/h1-3,6,10,19H,4-5,7H2,(H,20,21,22,23). The number of nitrogens with one attached hydrogen (secondary N) is 2. The maximum absolute atomic E-state index is 12.8. The van der Waals surface area contributed by atoms with E-state index in [1.165, 1.54) is 12.1 Å². The molecule has 0 amide bonds. The van der Waals surface area contributed by atoms with Gasteiger partial charge in [-0.2, -0.15) is 28.1 Å². The smallest absolute Gasteiger partial charge is 0.368 e. The first-order valence-electron chi connectivity index (χ1n) is 7.10. The van der Waals surface area contributed by atoms with E-state index in [0.29, 0.717) is 19.0 Å². The molecule has 2 N–H and O–H groups in total. The third-order valence-corrected chi connectivity index (χ3v) is 3.46. The van der Waals surface area contributed by atoms with E-state index in [-0.39, 0.29) is 23.0 Å². The number of aromatic nitrogens is 3. The van der Waals surface area contributed by atoms with Crippen LogP contribution in [0.1, 0.15) is 17.5 Å². The number of nitrogens with zero attached hydrogens (tertiary/aromatic N) is 3. The Bertz CT molecular complexity index is 722. The van der Waals surface area contributed by atoms with E-state index in [2.05, 4.69) is 25.6 Å². The molecule has 0 saturated carbocycles.